The quantitative estimate of drug-likeness (QED) is 0.624. The van der Waals surface area contributed by atoms with Crippen LogP contribution >= 0.6 is 38.9 Å². The van der Waals surface area contributed by atoms with Crippen molar-refractivity contribution in [2.75, 3.05) is 0 Å². The second kappa shape index (κ2) is 5.36. The zero-order valence-electron chi connectivity index (χ0n) is 9.90. The Bertz CT molecular complexity index is 549. The molecule has 1 aromatic heterocycles. The van der Waals surface area contributed by atoms with Crippen LogP contribution in [-0.2, 0) is 12.8 Å². The number of aryl methyl sites for hydroxylation is 1. The van der Waals surface area contributed by atoms with Crippen LogP contribution in [0.3, 0.4) is 0 Å². The van der Waals surface area contributed by atoms with E-state index in [2.05, 4.69) is 51.6 Å². The highest BCUT2D eigenvalue weighted by Gasteiger charge is 2.27. The molecule has 2 unspecified atom stereocenters. The van der Waals surface area contributed by atoms with Crippen LogP contribution in [0.25, 0.3) is 0 Å². The highest BCUT2D eigenvalue weighted by molar-refractivity contribution is 9.10. The van der Waals surface area contributed by atoms with Crippen molar-refractivity contribution in [3.63, 3.8) is 0 Å². The van der Waals surface area contributed by atoms with E-state index in [0.29, 0.717) is 5.92 Å². The molecule has 2 atom stereocenters. The lowest BCUT2D eigenvalue weighted by Crippen LogP contribution is -2.18. The van der Waals surface area contributed by atoms with Crippen molar-refractivity contribution >= 4 is 38.9 Å². The first kappa shape index (κ1) is 12.7. The molecule has 0 N–H and O–H groups in total. The minimum Gasteiger partial charge on any atom is -0.146 e. The van der Waals surface area contributed by atoms with E-state index in [1.807, 2.05) is 0 Å². The molecule has 1 heterocycles. The third-order valence-electron chi connectivity index (χ3n) is 3.69. The van der Waals surface area contributed by atoms with E-state index in [4.69, 9.17) is 11.6 Å². The lowest BCUT2D eigenvalue weighted by atomic mass is 9.82. The van der Waals surface area contributed by atoms with Crippen molar-refractivity contribution in [2.45, 2.75) is 24.6 Å². The highest BCUT2D eigenvalue weighted by Crippen LogP contribution is 2.42. The maximum absolute atomic E-state index is 6.68. The summed E-state index contributed by atoms with van der Waals surface area (Å²) in [4.78, 5) is 1.28. The summed E-state index contributed by atoms with van der Waals surface area (Å²) >= 11 is 12.0. The lowest BCUT2D eigenvalue weighted by molar-refractivity contribution is 0.446. The number of fused-ring (bicyclic) bond motifs is 1. The molecule has 0 radical (unpaired) electrons. The molecule has 1 aliphatic rings. The molecule has 18 heavy (non-hydrogen) atoms. The van der Waals surface area contributed by atoms with Gasteiger partial charge in [-0.2, -0.15) is 0 Å². The van der Waals surface area contributed by atoms with E-state index in [0.717, 1.165) is 17.3 Å². The Kier molecular flexibility index (Phi) is 3.78. The van der Waals surface area contributed by atoms with Crippen LogP contribution in [0.4, 0.5) is 0 Å². The fourth-order valence-corrected chi connectivity index (χ4v) is 5.00. The second-order valence-electron chi connectivity index (χ2n) is 4.81. The van der Waals surface area contributed by atoms with Crippen LogP contribution in [-0.4, -0.2) is 0 Å². The van der Waals surface area contributed by atoms with E-state index in [1.165, 1.54) is 22.4 Å². The van der Waals surface area contributed by atoms with Crippen LogP contribution in [0.2, 0.25) is 0 Å². The first-order chi connectivity index (χ1) is 8.75. The largest absolute Gasteiger partial charge is 0.146 e. The van der Waals surface area contributed by atoms with E-state index < -0.39 is 0 Å². The van der Waals surface area contributed by atoms with Gasteiger partial charge in [0.15, 0.2) is 0 Å². The van der Waals surface area contributed by atoms with Gasteiger partial charge in [0.05, 0.1) is 5.38 Å². The molecular formula is C15H14BrClS. The Hall–Kier alpha value is -0.310. The minimum absolute atomic E-state index is 0.132. The molecule has 3 heteroatoms. The van der Waals surface area contributed by atoms with Gasteiger partial charge in [-0.3, -0.25) is 0 Å². The van der Waals surface area contributed by atoms with Crippen molar-refractivity contribution in [1.29, 1.82) is 0 Å². The molecule has 0 saturated heterocycles. The smallest absolute Gasteiger partial charge is 0.0721 e. The molecule has 0 saturated carbocycles. The predicted octanol–water partition coefficient (Wildman–Crippen LogP) is 5.60. The zero-order chi connectivity index (χ0) is 12.5. The van der Waals surface area contributed by atoms with Crippen LogP contribution in [0.5, 0.6) is 0 Å². The van der Waals surface area contributed by atoms with Gasteiger partial charge in [0, 0.05) is 9.35 Å². The lowest BCUT2D eigenvalue weighted by Gasteiger charge is -2.28. The molecule has 1 aliphatic carbocycles. The molecule has 3 rings (SSSR count). The van der Waals surface area contributed by atoms with Crippen LogP contribution in [0, 0.1) is 5.92 Å². The van der Waals surface area contributed by atoms with Gasteiger partial charge in [-0.25, -0.2) is 0 Å². The monoisotopic (exact) mass is 340 g/mol. The average Bonchev–Trinajstić information content (AvgIpc) is 2.83. The normalized spacial score (nSPS) is 20.4. The summed E-state index contributed by atoms with van der Waals surface area (Å²) in [5.74, 6) is 0.552. The Morgan fingerprint density at radius 1 is 1.22 bits per heavy atom. The molecule has 0 bridgehead atoms. The fraction of sp³-hybridized carbons (Fsp3) is 0.333. The summed E-state index contributed by atoms with van der Waals surface area (Å²) in [6, 6.07) is 10.8. The summed E-state index contributed by atoms with van der Waals surface area (Å²) in [7, 11) is 0. The molecule has 1 aromatic carbocycles. The van der Waals surface area contributed by atoms with Gasteiger partial charge in [-0.1, -0.05) is 24.3 Å². The standard InChI is InChI=1S/C15H14BrClS/c16-13-7-8-18-15(13)14(17)12-6-5-10-3-1-2-4-11(10)9-12/h1-4,7-8,12,14H,5-6,9H2. The fourth-order valence-electron chi connectivity index (χ4n) is 2.69. The van der Waals surface area contributed by atoms with Crippen molar-refractivity contribution in [1.82, 2.24) is 0 Å². The number of thiophene rings is 1. The Morgan fingerprint density at radius 2 is 2.00 bits per heavy atom. The third kappa shape index (κ3) is 2.38. The number of benzene rings is 1. The van der Waals surface area contributed by atoms with Crippen molar-refractivity contribution in [2.24, 2.45) is 5.92 Å². The summed E-state index contributed by atoms with van der Waals surface area (Å²) in [6.45, 7) is 0. The molecule has 94 valence electrons. The summed E-state index contributed by atoms with van der Waals surface area (Å²) < 4.78 is 1.16. The van der Waals surface area contributed by atoms with Gasteiger partial charge in [0.2, 0.25) is 0 Å². The summed E-state index contributed by atoms with van der Waals surface area (Å²) in [5, 5.41) is 2.23. The first-order valence-electron chi connectivity index (χ1n) is 6.19. The van der Waals surface area contributed by atoms with E-state index in [9.17, 15) is 0 Å². The number of hydrogen-bond acceptors (Lipinski definition) is 1. The molecule has 0 spiro atoms. The van der Waals surface area contributed by atoms with Crippen LogP contribution in [0.15, 0.2) is 40.2 Å². The van der Waals surface area contributed by atoms with Gasteiger partial charge < -0.3 is 0 Å². The molecule has 2 aromatic rings. The minimum atomic E-state index is 0.132. The molecule has 0 fully saturated rings. The SMILES string of the molecule is ClC(c1sccc1Br)C1CCc2ccccc2C1. The van der Waals surface area contributed by atoms with Gasteiger partial charge in [0.25, 0.3) is 0 Å². The van der Waals surface area contributed by atoms with E-state index in [1.54, 1.807) is 11.3 Å². The molecule has 0 aliphatic heterocycles. The second-order valence-corrected chi connectivity index (χ2v) is 7.08. The van der Waals surface area contributed by atoms with Gasteiger partial charge in [0.1, 0.15) is 0 Å². The Morgan fingerprint density at radius 3 is 2.72 bits per heavy atom. The molecular weight excluding hydrogens is 328 g/mol. The van der Waals surface area contributed by atoms with Gasteiger partial charge in [-0.15, -0.1) is 22.9 Å². The third-order valence-corrected chi connectivity index (χ3v) is 6.35. The van der Waals surface area contributed by atoms with E-state index in [-0.39, 0.29) is 5.38 Å². The maximum Gasteiger partial charge on any atom is 0.0721 e. The first-order valence-corrected chi connectivity index (χ1v) is 8.30. The number of hydrogen-bond donors (Lipinski definition) is 0. The maximum atomic E-state index is 6.68. The zero-order valence-corrected chi connectivity index (χ0v) is 13.1. The highest BCUT2D eigenvalue weighted by atomic mass is 79.9. The Labute approximate surface area is 125 Å². The molecule has 0 nitrogen and oxygen atoms in total. The average molecular weight is 342 g/mol. The predicted molar refractivity (Wildman–Crippen MR) is 82.6 cm³/mol. The summed E-state index contributed by atoms with van der Waals surface area (Å²) in [5.41, 5.74) is 2.98. The number of rotatable bonds is 2. The number of halogens is 2. The van der Waals surface area contributed by atoms with Crippen LogP contribution in [0.1, 0.15) is 27.8 Å². The Balaban J connectivity index is 1.82. The van der Waals surface area contributed by atoms with Gasteiger partial charge in [-0.05, 0) is 63.7 Å². The van der Waals surface area contributed by atoms with Gasteiger partial charge >= 0.3 is 0 Å². The van der Waals surface area contributed by atoms with Crippen molar-refractivity contribution < 1.29 is 0 Å². The molecule has 0 amide bonds. The van der Waals surface area contributed by atoms with Crippen molar-refractivity contribution in [3.8, 4) is 0 Å². The van der Waals surface area contributed by atoms with E-state index >= 15 is 0 Å². The topological polar surface area (TPSA) is 0 Å². The summed E-state index contributed by atoms with van der Waals surface area (Å²) in [6.07, 6.45) is 3.46. The van der Waals surface area contributed by atoms with Crippen LogP contribution < -0.4 is 0 Å². The van der Waals surface area contributed by atoms with Crippen molar-refractivity contribution in [3.05, 3.63) is 56.2 Å². The number of alkyl halides is 1.